The summed E-state index contributed by atoms with van der Waals surface area (Å²) in [6.45, 7) is 7.16. The van der Waals surface area contributed by atoms with Gasteiger partial charge in [0.1, 0.15) is 10.7 Å². The number of benzene rings is 1. The van der Waals surface area contributed by atoms with Crippen LogP contribution in [0, 0.1) is 24.0 Å². The summed E-state index contributed by atoms with van der Waals surface area (Å²) in [5, 5.41) is 11.6. The molecule has 1 saturated heterocycles. The topological polar surface area (TPSA) is 112 Å². The number of aromatic nitrogens is 2. The van der Waals surface area contributed by atoms with Crippen LogP contribution in [0.15, 0.2) is 29.1 Å². The molecule has 1 fully saturated rings. The molecule has 3 heterocycles. The fourth-order valence-corrected chi connectivity index (χ4v) is 5.03. The lowest BCUT2D eigenvalue weighted by Crippen LogP contribution is -2.48. The minimum Gasteiger partial charge on any atom is -0.340 e. The van der Waals surface area contributed by atoms with Crippen molar-refractivity contribution in [1.82, 2.24) is 19.8 Å². The van der Waals surface area contributed by atoms with Gasteiger partial charge in [-0.1, -0.05) is 12.1 Å². The van der Waals surface area contributed by atoms with Crippen molar-refractivity contribution in [2.75, 3.05) is 26.2 Å². The number of nitrogens with one attached hydrogen (secondary N) is 1. The summed E-state index contributed by atoms with van der Waals surface area (Å²) in [7, 11) is 0. The molecule has 1 aliphatic rings. The van der Waals surface area contributed by atoms with Crippen LogP contribution < -0.4 is 5.56 Å². The molecule has 0 bridgehead atoms. The van der Waals surface area contributed by atoms with E-state index in [4.69, 9.17) is 0 Å². The van der Waals surface area contributed by atoms with Gasteiger partial charge in [0.2, 0.25) is 5.91 Å². The number of carbonyl (C=O) groups is 1. The molecule has 4 rings (SSSR count). The molecule has 1 aromatic carbocycles. The fourth-order valence-electron chi connectivity index (χ4n) is 3.98. The minimum absolute atomic E-state index is 0.0429. The van der Waals surface area contributed by atoms with Crippen molar-refractivity contribution in [2.45, 2.75) is 33.2 Å². The lowest BCUT2D eigenvalue weighted by atomic mass is 10.1. The van der Waals surface area contributed by atoms with Gasteiger partial charge in [-0.25, -0.2) is 4.98 Å². The Balaban J connectivity index is 1.30. The molecule has 168 valence electrons. The highest BCUT2D eigenvalue weighted by Crippen LogP contribution is 2.25. The molecule has 32 heavy (non-hydrogen) atoms. The van der Waals surface area contributed by atoms with Gasteiger partial charge in [-0.3, -0.25) is 24.6 Å². The average Bonchev–Trinajstić information content (AvgIpc) is 3.06. The van der Waals surface area contributed by atoms with Gasteiger partial charge < -0.3 is 9.88 Å². The molecule has 0 spiro atoms. The zero-order chi connectivity index (χ0) is 22.8. The van der Waals surface area contributed by atoms with E-state index in [-0.39, 0.29) is 22.1 Å². The summed E-state index contributed by atoms with van der Waals surface area (Å²) in [4.78, 5) is 48.8. The predicted octanol–water partition coefficient (Wildman–Crippen LogP) is 2.79. The lowest BCUT2D eigenvalue weighted by molar-refractivity contribution is -0.384. The first kappa shape index (κ1) is 22.1. The van der Waals surface area contributed by atoms with E-state index in [2.05, 4.69) is 14.9 Å². The van der Waals surface area contributed by atoms with Crippen LogP contribution in [-0.2, 0) is 17.8 Å². The maximum absolute atomic E-state index is 12.7. The molecule has 0 atom stereocenters. The Bertz CT molecular complexity index is 1230. The van der Waals surface area contributed by atoms with E-state index in [1.54, 1.807) is 12.1 Å². The van der Waals surface area contributed by atoms with E-state index in [1.807, 2.05) is 24.8 Å². The standard InChI is InChI=1S/C22H25N5O4S/c1-14-15(2)32-22-20(14)21(29)23-18(24-22)6-7-19(28)26-10-8-25(9-11-26)13-16-4-3-5-17(12-16)27(30)31/h3-5,12H,6-11,13H2,1-2H3,(H,23,24,29). The third-order valence-electron chi connectivity index (χ3n) is 5.92. The van der Waals surface area contributed by atoms with E-state index in [1.165, 1.54) is 17.4 Å². The maximum atomic E-state index is 12.7. The van der Waals surface area contributed by atoms with E-state index in [0.717, 1.165) is 20.8 Å². The van der Waals surface area contributed by atoms with Gasteiger partial charge in [-0.05, 0) is 25.0 Å². The van der Waals surface area contributed by atoms with Gasteiger partial charge in [0, 0.05) is 62.6 Å². The first-order valence-electron chi connectivity index (χ1n) is 10.5. The third kappa shape index (κ3) is 4.71. The smallest absolute Gasteiger partial charge is 0.269 e. The Hall–Kier alpha value is -3.11. The summed E-state index contributed by atoms with van der Waals surface area (Å²) in [6, 6.07) is 6.66. The number of piperazine rings is 1. The van der Waals surface area contributed by atoms with Crippen LogP contribution in [0.4, 0.5) is 5.69 Å². The first-order chi connectivity index (χ1) is 15.3. The monoisotopic (exact) mass is 455 g/mol. The largest absolute Gasteiger partial charge is 0.340 e. The SMILES string of the molecule is Cc1sc2nc(CCC(=O)N3CCN(Cc4cccc([N+](=O)[O-])c4)CC3)[nH]c(=O)c2c1C. The molecular formula is C22H25N5O4S. The number of H-pyrrole nitrogens is 1. The van der Waals surface area contributed by atoms with Crippen molar-refractivity contribution < 1.29 is 9.72 Å². The van der Waals surface area contributed by atoms with Crippen molar-refractivity contribution in [3.63, 3.8) is 0 Å². The van der Waals surface area contributed by atoms with Crippen LogP contribution >= 0.6 is 11.3 Å². The average molecular weight is 456 g/mol. The van der Waals surface area contributed by atoms with Crippen molar-refractivity contribution in [3.05, 3.63) is 66.6 Å². The van der Waals surface area contributed by atoms with E-state index >= 15 is 0 Å². The van der Waals surface area contributed by atoms with E-state index in [9.17, 15) is 19.7 Å². The van der Waals surface area contributed by atoms with Crippen LogP contribution in [0.1, 0.15) is 28.2 Å². The Kier molecular flexibility index (Phi) is 6.33. The highest BCUT2D eigenvalue weighted by atomic mass is 32.1. The molecule has 1 N–H and O–H groups in total. The van der Waals surface area contributed by atoms with Crippen LogP contribution in [0.25, 0.3) is 10.2 Å². The van der Waals surface area contributed by atoms with Crippen molar-refractivity contribution in [1.29, 1.82) is 0 Å². The summed E-state index contributed by atoms with van der Waals surface area (Å²) < 4.78 is 0. The molecule has 0 saturated carbocycles. The lowest BCUT2D eigenvalue weighted by Gasteiger charge is -2.34. The summed E-state index contributed by atoms with van der Waals surface area (Å²) in [5.74, 6) is 0.586. The van der Waals surface area contributed by atoms with Crippen molar-refractivity contribution in [3.8, 4) is 0 Å². The van der Waals surface area contributed by atoms with Crippen molar-refractivity contribution >= 4 is 33.1 Å². The number of fused-ring (bicyclic) bond motifs is 1. The number of nitrogens with zero attached hydrogens (tertiary/aromatic N) is 4. The van der Waals surface area contributed by atoms with Gasteiger partial charge in [0.05, 0.1) is 10.3 Å². The number of carbonyl (C=O) groups excluding carboxylic acids is 1. The second kappa shape index (κ2) is 9.17. The number of amides is 1. The highest BCUT2D eigenvalue weighted by molar-refractivity contribution is 7.18. The molecule has 9 nitrogen and oxygen atoms in total. The molecule has 3 aromatic rings. The third-order valence-corrected chi connectivity index (χ3v) is 7.02. The van der Waals surface area contributed by atoms with Gasteiger partial charge >= 0.3 is 0 Å². The predicted molar refractivity (Wildman–Crippen MR) is 123 cm³/mol. The van der Waals surface area contributed by atoms with Crippen LogP contribution in [-0.4, -0.2) is 56.8 Å². The summed E-state index contributed by atoms with van der Waals surface area (Å²) in [5.41, 5.74) is 1.80. The van der Waals surface area contributed by atoms with Crippen molar-refractivity contribution in [2.24, 2.45) is 0 Å². The summed E-state index contributed by atoms with van der Waals surface area (Å²) >= 11 is 1.50. The maximum Gasteiger partial charge on any atom is 0.269 e. The second-order valence-electron chi connectivity index (χ2n) is 8.06. The number of rotatable bonds is 6. The number of hydrogen-bond acceptors (Lipinski definition) is 7. The normalized spacial score (nSPS) is 14.8. The molecule has 10 heteroatoms. The second-order valence-corrected chi connectivity index (χ2v) is 9.26. The van der Waals surface area contributed by atoms with Crippen LogP contribution in [0.2, 0.25) is 0 Å². The zero-order valence-corrected chi connectivity index (χ0v) is 18.9. The molecule has 0 aliphatic carbocycles. The fraction of sp³-hybridized carbons (Fsp3) is 0.409. The molecular weight excluding hydrogens is 430 g/mol. The zero-order valence-electron chi connectivity index (χ0n) is 18.1. The number of aryl methyl sites for hydroxylation is 3. The Morgan fingerprint density at radius 1 is 1.25 bits per heavy atom. The van der Waals surface area contributed by atoms with E-state index in [0.29, 0.717) is 56.8 Å². The number of nitro benzene ring substituents is 1. The molecule has 0 radical (unpaired) electrons. The van der Waals surface area contributed by atoms with Crippen LogP contribution in [0.5, 0.6) is 0 Å². The molecule has 2 aromatic heterocycles. The Morgan fingerprint density at radius 3 is 2.72 bits per heavy atom. The minimum atomic E-state index is -0.388. The number of thiophene rings is 1. The van der Waals surface area contributed by atoms with Gasteiger partial charge in [-0.15, -0.1) is 11.3 Å². The van der Waals surface area contributed by atoms with Crippen LogP contribution in [0.3, 0.4) is 0 Å². The molecule has 0 unspecified atom stereocenters. The number of non-ortho nitro benzene ring substituents is 1. The molecule has 1 aliphatic heterocycles. The quantitative estimate of drug-likeness (QED) is 0.452. The Labute approximate surface area is 188 Å². The van der Waals surface area contributed by atoms with Gasteiger partial charge in [0.15, 0.2) is 0 Å². The summed E-state index contributed by atoms with van der Waals surface area (Å²) in [6.07, 6.45) is 0.691. The first-order valence-corrected chi connectivity index (χ1v) is 11.4. The van der Waals surface area contributed by atoms with Gasteiger partial charge in [-0.2, -0.15) is 0 Å². The van der Waals surface area contributed by atoms with Gasteiger partial charge in [0.25, 0.3) is 11.2 Å². The Morgan fingerprint density at radius 2 is 2.00 bits per heavy atom. The number of nitro groups is 1. The molecule has 1 amide bonds. The number of hydrogen-bond donors (Lipinski definition) is 1. The van der Waals surface area contributed by atoms with E-state index < -0.39 is 0 Å². The highest BCUT2D eigenvalue weighted by Gasteiger charge is 2.22. The number of aromatic amines is 1.